The fourth-order valence-electron chi connectivity index (χ4n) is 3.03. The smallest absolute Gasteiger partial charge is 0.134 e. The SMILES string of the molecule is CCCN(Cc1ccc(O)c(Cl)c1)C1CCC(N)CC1. The van der Waals surface area contributed by atoms with Gasteiger partial charge in [0.25, 0.3) is 0 Å². The maximum Gasteiger partial charge on any atom is 0.134 e. The molecule has 0 amide bonds. The molecule has 0 atom stereocenters. The minimum Gasteiger partial charge on any atom is -0.506 e. The van der Waals surface area contributed by atoms with E-state index in [0.29, 0.717) is 17.1 Å². The lowest BCUT2D eigenvalue weighted by Gasteiger charge is -2.36. The van der Waals surface area contributed by atoms with Crippen molar-refractivity contribution < 1.29 is 5.11 Å². The highest BCUT2D eigenvalue weighted by atomic mass is 35.5. The van der Waals surface area contributed by atoms with E-state index < -0.39 is 0 Å². The summed E-state index contributed by atoms with van der Waals surface area (Å²) in [6.07, 6.45) is 5.77. The van der Waals surface area contributed by atoms with Crippen LogP contribution in [0.1, 0.15) is 44.6 Å². The molecule has 3 nitrogen and oxygen atoms in total. The van der Waals surface area contributed by atoms with Gasteiger partial charge in [0.1, 0.15) is 5.75 Å². The Hall–Kier alpha value is -0.770. The first kappa shape index (κ1) is 15.6. The number of rotatable bonds is 5. The van der Waals surface area contributed by atoms with Gasteiger partial charge in [0.05, 0.1) is 5.02 Å². The second-order valence-electron chi connectivity index (χ2n) is 5.82. The standard InChI is InChI=1S/C16H25ClN2O/c1-2-9-19(14-6-4-13(18)5-7-14)11-12-3-8-16(20)15(17)10-12/h3,8,10,13-14,20H,2,4-7,9,11,18H2,1H3. The van der Waals surface area contributed by atoms with Crippen LogP contribution in [-0.4, -0.2) is 28.6 Å². The van der Waals surface area contributed by atoms with E-state index in [-0.39, 0.29) is 5.75 Å². The van der Waals surface area contributed by atoms with Crippen LogP contribution >= 0.6 is 11.6 Å². The molecule has 0 aliphatic heterocycles. The van der Waals surface area contributed by atoms with E-state index in [1.807, 2.05) is 12.1 Å². The first-order chi connectivity index (χ1) is 9.60. The minimum atomic E-state index is 0.154. The summed E-state index contributed by atoms with van der Waals surface area (Å²) in [7, 11) is 0. The van der Waals surface area contributed by atoms with E-state index in [9.17, 15) is 5.11 Å². The number of aromatic hydroxyl groups is 1. The Labute approximate surface area is 126 Å². The van der Waals surface area contributed by atoms with Crippen molar-refractivity contribution in [1.29, 1.82) is 0 Å². The first-order valence-electron chi connectivity index (χ1n) is 7.57. The number of nitrogens with zero attached hydrogens (tertiary/aromatic N) is 1. The Morgan fingerprint density at radius 1 is 1.30 bits per heavy atom. The third-order valence-electron chi connectivity index (χ3n) is 4.17. The van der Waals surface area contributed by atoms with Gasteiger partial charge in [-0.25, -0.2) is 0 Å². The highest BCUT2D eigenvalue weighted by Crippen LogP contribution is 2.27. The van der Waals surface area contributed by atoms with Crippen LogP contribution in [0.5, 0.6) is 5.75 Å². The summed E-state index contributed by atoms with van der Waals surface area (Å²) in [5, 5.41) is 9.93. The number of hydrogen-bond acceptors (Lipinski definition) is 3. The van der Waals surface area contributed by atoms with Crippen LogP contribution in [-0.2, 0) is 6.54 Å². The van der Waals surface area contributed by atoms with Crippen molar-refractivity contribution in [2.75, 3.05) is 6.54 Å². The lowest BCUT2D eigenvalue weighted by molar-refractivity contribution is 0.142. The second-order valence-corrected chi connectivity index (χ2v) is 6.23. The molecule has 0 bridgehead atoms. The van der Waals surface area contributed by atoms with Crippen LogP contribution in [0.4, 0.5) is 0 Å². The van der Waals surface area contributed by atoms with Gasteiger partial charge in [-0.15, -0.1) is 0 Å². The van der Waals surface area contributed by atoms with E-state index in [4.69, 9.17) is 17.3 Å². The molecule has 4 heteroatoms. The van der Waals surface area contributed by atoms with Crippen molar-refractivity contribution >= 4 is 11.6 Å². The van der Waals surface area contributed by atoms with Gasteiger partial charge in [0.2, 0.25) is 0 Å². The number of benzene rings is 1. The fourth-order valence-corrected chi connectivity index (χ4v) is 3.23. The van der Waals surface area contributed by atoms with E-state index in [0.717, 1.165) is 37.9 Å². The fraction of sp³-hybridized carbons (Fsp3) is 0.625. The zero-order valence-corrected chi connectivity index (χ0v) is 12.9. The summed E-state index contributed by atoms with van der Waals surface area (Å²) in [4.78, 5) is 2.54. The Bertz CT molecular complexity index is 430. The monoisotopic (exact) mass is 296 g/mol. The number of nitrogens with two attached hydrogens (primary N) is 1. The molecule has 1 aromatic carbocycles. The molecular weight excluding hydrogens is 272 g/mol. The van der Waals surface area contributed by atoms with E-state index >= 15 is 0 Å². The molecule has 20 heavy (non-hydrogen) atoms. The van der Waals surface area contributed by atoms with Gasteiger partial charge in [-0.1, -0.05) is 24.6 Å². The molecule has 1 aromatic rings. The Morgan fingerprint density at radius 2 is 2.00 bits per heavy atom. The van der Waals surface area contributed by atoms with Gasteiger partial charge >= 0.3 is 0 Å². The molecular formula is C16H25ClN2O. The predicted molar refractivity (Wildman–Crippen MR) is 84.0 cm³/mol. The van der Waals surface area contributed by atoms with Gasteiger partial charge in [0, 0.05) is 18.6 Å². The van der Waals surface area contributed by atoms with Crippen molar-refractivity contribution in [1.82, 2.24) is 4.90 Å². The topological polar surface area (TPSA) is 49.5 Å². The lowest BCUT2D eigenvalue weighted by atomic mass is 9.90. The van der Waals surface area contributed by atoms with Gasteiger partial charge in [0.15, 0.2) is 0 Å². The Morgan fingerprint density at radius 3 is 2.60 bits per heavy atom. The molecule has 1 aliphatic rings. The quantitative estimate of drug-likeness (QED) is 0.874. The highest BCUT2D eigenvalue weighted by Gasteiger charge is 2.23. The maximum atomic E-state index is 9.50. The average Bonchev–Trinajstić information content (AvgIpc) is 2.43. The zero-order valence-electron chi connectivity index (χ0n) is 12.2. The third-order valence-corrected chi connectivity index (χ3v) is 4.47. The average molecular weight is 297 g/mol. The van der Waals surface area contributed by atoms with Crippen LogP contribution in [0, 0.1) is 0 Å². The van der Waals surface area contributed by atoms with Crippen molar-refractivity contribution in [3.63, 3.8) is 0 Å². The summed E-state index contributed by atoms with van der Waals surface area (Å²) in [6, 6.07) is 6.52. The molecule has 1 fully saturated rings. The molecule has 112 valence electrons. The van der Waals surface area contributed by atoms with E-state index in [1.165, 1.54) is 12.8 Å². The van der Waals surface area contributed by atoms with Crippen molar-refractivity contribution in [3.8, 4) is 5.75 Å². The van der Waals surface area contributed by atoms with Crippen LogP contribution in [0.25, 0.3) is 0 Å². The number of phenols is 1. The third kappa shape index (κ3) is 4.11. The van der Waals surface area contributed by atoms with Crippen LogP contribution < -0.4 is 5.73 Å². The normalized spacial score (nSPS) is 23.2. The summed E-state index contributed by atoms with van der Waals surface area (Å²) >= 11 is 5.99. The van der Waals surface area contributed by atoms with Crippen LogP contribution in [0.2, 0.25) is 5.02 Å². The summed E-state index contributed by atoms with van der Waals surface area (Å²) in [6.45, 7) is 4.21. The lowest BCUT2D eigenvalue weighted by Crippen LogP contribution is -2.40. The van der Waals surface area contributed by atoms with Gasteiger partial charge in [-0.05, 0) is 56.3 Å². The first-order valence-corrected chi connectivity index (χ1v) is 7.95. The van der Waals surface area contributed by atoms with Crippen molar-refractivity contribution in [3.05, 3.63) is 28.8 Å². The van der Waals surface area contributed by atoms with Gasteiger partial charge in [-0.2, -0.15) is 0 Å². The van der Waals surface area contributed by atoms with Crippen molar-refractivity contribution in [2.45, 2.75) is 57.7 Å². The number of halogens is 1. The molecule has 3 N–H and O–H groups in total. The Balaban J connectivity index is 2.02. The van der Waals surface area contributed by atoms with E-state index in [2.05, 4.69) is 11.8 Å². The molecule has 0 aromatic heterocycles. The maximum absolute atomic E-state index is 9.50. The molecule has 0 radical (unpaired) electrons. The molecule has 1 saturated carbocycles. The number of hydrogen-bond donors (Lipinski definition) is 2. The highest BCUT2D eigenvalue weighted by molar-refractivity contribution is 6.32. The summed E-state index contributed by atoms with van der Waals surface area (Å²) in [5.74, 6) is 0.154. The molecule has 0 spiro atoms. The molecule has 0 unspecified atom stereocenters. The minimum absolute atomic E-state index is 0.154. The molecule has 2 rings (SSSR count). The molecule has 1 aliphatic carbocycles. The van der Waals surface area contributed by atoms with Gasteiger partial charge < -0.3 is 10.8 Å². The molecule has 0 saturated heterocycles. The Kier molecular flexibility index (Phi) is 5.70. The summed E-state index contributed by atoms with van der Waals surface area (Å²) in [5.41, 5.74) is 7.16. The van der Waals surface area contributed by atoms with Gasteiger partial charge in [-0.3, -0.25) is 4.90 Å². The van der Waals surface area contributed by atoms with Crippen molar-refractivity contribution in [2.24, 2.45) is 5.73 Å². The molecule has 0 heterocycles. The zero-order chi connectivity index (χ0) is 14.5. The van der Waals surface area contributed by atoms with Crippen LogP contribution in [0.15, 0.2) is 18.2 Å². The predicted octanol–water partition coefficient (Wildman–Crippen LogP) is 3.53. The van der Waals surface area contributed by atoms with E-state index in [1.54, 1.807) is 6.07 Å². The summed E-state index contributed by atoms with van der Waals surface area (Å²) < 4.78 is 0. The van der Waals surface area contributed by atoms with Crippen LogP contribution in [0.3, 0.4) is 0 Å². The largest absolute Gasteiger partial charge is 0.506 e. The number of phenolic OH excluding ortho intramolecular Hbond substituents is 1. The second kappa shape index (κ2) is 7.30.